The zero-order valence-corrected chi connectivity index (χ0v) is 11.8. The van der Waals surface area contributed by atoms with Gasteiger partial charge in [-0.05, 0) is 24.0 Å². The molecule has 0 saturated carbocycles. The van der Waals surface area contributed by atoms with Crippen molar-refractivity contribution in [3.05, 3.63) is 52.8 Å². The zero-order valence-electron chi connectivity index (χ0n) is 11.8. The predicted octanol–water partition coefficient (Wildman–Crippen LogP) is 2.97. The molecule has 0 atom stereocenters. The Morgan fingerprint density at radius 1 is 1.11 bits per heavy atom. The first-order valence-corrected chi connectivity index (χ1v) is 6.77. The molecular weight excluding hydrogens is 236 g/mol. The van der Waals surface area contributed by atoms with Crippen molar-refractivity contribution in [2.24, 2.45) is 7.05 Å². The van der Waals surface area contributed by atoms with Crippen LogP contribution in [0.2, 0.25) is 0 Å². The van der Waals surface area contributed by atoms with Gasteiger partial charge in [-0.2, -0.15) is 5.10 Å². The van der Waals surface area contributed by atoms with Gasteiger partial charge in [0.15, 0.2) is 5.78 Å². The van der Waals surface area contributed by atoms with Crippen LogP contribution in [0.4, 0.5) is 0 Å². The highest BCUT2D eigenvalue weighted by atomic mass is 16.1. The molecule has 3 nitrogen and oxygen atoms in total. The van der Waals surface area contributed by atoms with Gasteiger partial charge >= 0.3 is 0 Å². The lowest BCUT2D eigenvalue weighted by atomic mass is 10.0. The van der Waals surface area contributed by atoms with Crippen LogP contribution in [0.3, 0.4) is 0 Å². The van der Waals surface area contributed by atoms with E-state index in [1.807, 2.05) is 32.3 Å². The first-order valence-electron chi connectivity index (χ1n) is 6.77. The maximum atomic E-state index is 12.3. The van der Waals surface area contributed by atoms with Crippen LogP contribution < -0.4 is 0 Å². The van der Waals surface area contributed by atoms with E-state index in [-0.39, 0.29) is 5.78 Å². The van der Waals surface area contributed by atoms with Crippen LogP contribution in [0.15, 0.2) is 30.5 Å². The van der Waals surface area contributed by atoms with E-state index in [0.29, 0.717) is 6.42 Å². The molecule has 0 aliphatic carbocycles. The van der Waals surface area contributed by atoms with E-state index in [1.54, 1.807) is 4.68 Å². The van der Waals surface area contributed by atoms with Crippen molar-refractivity contribution in [3.8, 4) is 0 Å². The van der Waals surface area contributed by atoms with E-state index in [0.717, 1.165) is 29.7 Å². The molecule has 100 valence electrons. The van der Waals surface area contributed by atoms with E-state index in [4.69, 9.17) is 0 Å². The Hall–Kier alpha value is -1.90. The van der Waals surface area contributed by atoms with Gasteiger partial charge in [-0.15, -0.1) is 0 Å². The van der Waals surface area contributed by atoms with Crippen molar-refractivity contribution >= 4 is 5.78 Å². The molecule has 0 saturated heterocycles. The number of benzene rings is 1. The van der Waals surface area contributed by atoms with Gasteiger partial charge in [0.25, 0.3) is 0 Å². The van der Waals surface area contributed by atoms with Crippen LogP contribution in [0.25, 0.3) is 0 Å². The fraction of sp³-hybridized carbons (Fsp3) is 0.375. The second kappa shape index (κ2) is 5.83. The Morgan fingerprint density at radius 2 is 1.74 bits per heavy atom. The average Bonchev–Trinajstić information content (AvgIpc) is 2.81. The van der Waals surface area contributed by atoms with Gasteiger partial charge in [0.05, 0.1) is 11.3 Å². The molecule has 1 aromatic heterocycles. The van der Waals surface area contributed by atoms with Gasteiger partial charge in [-0.3, -0.25) is 9.48 Å². The molecule has 2 rings (SSSR count). The third kappa shape index (κ3) is 3.11. The number of rotatable bonds is 5. The van der Waals surface area contributed by atoms with Gasteiger partial charge in [0.2, 0.25) is 0 Å². The number of ketones is 1. The number of carbonyl (C=O) groups is 1. The quantitative estimate of drug-likeness (QED) is 0.771. The fourth-order valence-corrected chi connectivity index (χ4v) is 2.20. The highest BCUT2D eigenvalue weighted by Crippen LogP contribution is 2.13. The molecule has 0 amide bonds. The summed E-state index contributed by atoms with van der Waals surface area (Å²) in [5, 5.41) is 4.32. The minimum atomic E-state index is 0.147. The molecule has 1 aromatic carbocycles. The number of nitrogens with zero attached hydrogens (tertiary/aromatic N) is 2. The average molecular weight is 256 g/mol. The number of hydrogen-bond donors (Lipinski definition) is 0. The molecule has 0 unspecified atom stereocenters. The van der Waals surface area contributed by atoms with Crippen molar-refractivity contribution in [1.82, 2.24) is 9.78 Å². The maximum Gasteiger partial charge on any atom is 0.170 e. The van der Waals surface area contributed by atoms with Crippen LogP contribution >= 0.6 is 0 Å². The maximum absolute atomic E-state index is 12.3. The lowest BCUT2D eigenvalue weighted by molar-refractivity contribution is 0.0992. The largest absolute Gasteiger partial charge is 0.294 e. The van der Waals surface area contributed by atoms with Gasteiger partial charge in [0.1, 0.15) is 0 Å². The lowest BCUT2D eigenvalue weighted by Gasteiger charge is -2.02. The first kappa shape index (κ1) is 13.5. The fourth-order valence-electron chi connectivity index (χ4n) is 2.20. The molecule has 0 fully saturated rings. The Labute approximate surface area is 114 Å². The minimum Gasteiger partial charge on any atom is -0.294 e. The predicted molar refractivity (Wildman–Crippen MR) is 76.4 cm³/mol. The van der Waals surface area contributed by atoms with Crippen LogP contribution in [-0.4, -0.2) is 15.6 Å². The minimum absolute atomic E-state index is 0.147. The summed E-state index contributed by atoms with van der Waals surface area (Å²) in [7, 11) is 1.85. The molecular formula is C16H20N2O. The zero-order chi connectivity index (χ0) is 13.8. The van der Waals surface area contributed by atoms with Crippen LogP contribution in [-0.2, 0) is 26.3 Å². The molecule has 1 heterocycles. The summed E-state index contributed by atoms with van der Waals surface area (Å²) in [5.41, 5.74) is 4.00. The standard InChI is InChI=1S/C16H20N2O/c1-4-12-6-8-13(9-7-12)10-16(19)14-11-18(3)17-15(14)5-2/h6-9,11H,4-5,10H2,1-3H3. The highest BCUT2D eigenvalue weighted by Gasteiger charge is 2.14. The Balaban J connectivity index is 2.15. The summed E-state index contributed by atoms with van der Waals surface area (Å²) < 4.78 is 1.71. The Kier molecular flexibility index (Phi) is 4.15. The van der Waals surface area contributed by atoms with Crippen molar-refractivity contribution in [2.45, 2.75) is 33.1 Å². The monoisotopic (exact) mass is 256 g/mol. The van der Waals surface area contributed by atoms with E-state index < -0.39 is 0 Å². The topological polar surface area (TPSA) is 34.9 Å². The molecule has 3 heteroatoms. The van der Waals surface area contributed by atoms with Crippen LogP contribution in [0, 0.1) is 0 Å². The third-order valence-corrected chi connectivity index (χ3v) is 3.34. The van der Waals surface area contributed by atoms with Crippen LogP contribution in [0.5, 0.6) is 0 Å². The molecule has 0 radical (unpaired) electrons. The van der Waals surface area contributed by atoms with E-state index in [1.165, 1.54) is 5.56 Å². The van der Waals surface area contributed by atoms with Gasteiger partial charge in [-0.25, -0.2) is 0 Å². The Bertz CT molecular complexity index is 567. The molecule has 0 aliphatic heterocycles. The summed E-state index contributed by atoms with van der Waals surface area (Å²) in [6, 6.07) is 8.26. The molecule has 19 heavy (non-hydrogen) atoms. The molecule has 2 aromatic rings. The van der Waals surface area contributed by atoms with Crippen LogP contribution in [0.1, 0.15) is 41.0 Å². The van der Waals surface area contributed by atoms with Crippen molar-refractivity contribution in [1.29, 1.82) is 0 Å². The summed E-state index contributed by atoms with van der Waals surface area (Å²) >= 11 is 0. The normalized spacial score (nSPS) is 10.7. The smallest absolute Gasteiger partial charge is 0.170 e. The van der Waals surface area contributed by atoms with E-state index in [9.17, 15) is 4.79 Å². The molecule has 0 N–H and O–H groups in total. The van der Waals surface area contributed by atoms with Gasteiger partial charge < -0.3 is 0 Å². The summed E-state index contributed by atoms with van der Waals surface area (Å²) in [4.78, 5) is 12.3. The second-order valence-corrected chi connectivity index (χ2v) is 4.79. The summed E-state index contributed by atoms with van der Waals surface area (Å²) in [5.74, 6) is 0.147. The van der Waals surface area contributed by atoms with E-state index >= 15 is 0 Å². The number of carbonyl (C=O) groups excluding carboxylic acids is 1. The van der Waals surface area contributed by atoms with Crippen molar-refractivity contribution in [2.75, 3.05) is 0 Å². The Morgan fingerprint density at radius 3 is 2.32 bits per heavy atom. The number of aryl methyl sites for hydroxylation is 3. The third-order valence-electron chi connectivity index (χ3n) is 3.34. The SMILES string of the molecule is CCc1ccc(CC(=O)c2cn(C)nc2CC)cc1. The lowest BCUT2D eigenvalue weighted by Crippen LogP contribution is -2.05. The van der Waals surface area contributed by atoms with Gasteiger partial charge in [-0.1, -0.05) is 38.1 Å². The highest BCUT2D eigenvalue weighted by molar-refractivity contribution is 5.98. The van der Waals surface area contributed by atoms with Gasteiger partial charge in [0, 0.05) is 19.7 Å². The number of aromatic nitrogens is 2. The summed E-state index contributed by atoms with van der Waals surface area (Å²) in [6.07, 6.45) is 4.08. The summed E-state index contributed by atoms with van der Waals surface area (Å²) in [6.45, 7) is 4.15. The van der Waals surface area contributed by atoms with Crippen molar-refractivity contribution in [3.63, 3.8) is 0 Å². The van der Waals surface area contributed by atoms with E-state index in [2.05, 4.69) is 24.2 Å². The molecule has 0 bridgehead atoms. The first-order chi connectivity index (χ1) is 9.13. The van der Waals surface area contributed by atoms with Crippen molar-refractivity contribution < 1.29 is 4.79 Å². The molecule has 0 aliphatic rings. The molecule has 0 spiro atoms. The second-order valence-electron chi connectivity index (χ2n) is 4.79. The number of hydrogen-bond acceptors (Lipinski definition) is 2. The number of Topliss-reactive ketones (excluding diaryl/α,β-unsaturated/α-hetero) is 1.